The second-order valence-electron chi connectivity index (χ2n) is 7.73. The number of aromatic nitrogens is 2. The first-order valence-corrected chi connectivity index (χ1v) is 11.2. The van der Waals surface area contributed by atoms with Crippen LogP contribution in [0.1, 0.15) is 56.1 Å². The Morgan fingerprint density at radius 2 is 2.06 bits per heavy atom. The van der Waals surface area contributed by atoms with Crippen LogP contribution in [0.2, 0.25) is 5.02 Å². The van der Waals surface area contributed by atoms with Crippen LogP contribution in [0.4, 0.5) is 0 Å². The molecule has 1 aliphatic heterocycles. The number of carbonyl (C=O) groups is 2. The Balaban J connectivity index is 1.86. The molecule has 1 aromatic carbocycles. The summed E-state index contributed by atoms with van der Waals surface area (Å²) in [7, 11) is 0. The molecule has 8 heteroatoms. The lowest BCUT2D eigenvalue weighted by molar-refractivity contribution is -0.131. The van der Waals surface area contributed by atoms with Crippen molar-refractivity contribution in [3.63, 3.8) is 0 Å². The normalized spacial score (nSPS) is 15.5. The van der Waals surface area contributed by atoms with Gasteiger partial charge in [-0.15, -0.1) is 0 Å². The summed E-state index contributed by atoms with van der Waals surface area (Å²) in [6.07, 6.45) is 3.22. The van der Waals surface area contributed by atoms with Crippen LogP contribution in [-0.2, 0) is 4.79 Å². The second kappa shape index (κ2) is 10.5. The molecule has 0 radical (unpaired) electrons. The highest BCUT2D eigenvalue weighted by molar-refractivity contribution is 6.30. The molecule has 7 nitrogen and oxygen atoms in total. The average molecular weight is 442 g/mol. The molecule has 0 fully saturated rings. The maximum atomic E-state index is 13.2. The number of fused-ring (bicyclic) bond motifs is 1. The quantitative estimate of drug-likeness (QED) is 0.585. The van der Waals surface area contributed by atoms with E-state index in [1.54, 1.807) is 28.0 Å². The zero-order valence-corrected chi connectivity index (χ0v) is 18.8. The summed E-state index contributed by atoms with van der Waals surface area (Å²) in [5, 5.41) is 14.2. The lowest BCUT2D eigenvalue weighted by Crippen LogP contribution is -2.48. The predicted octanol–water partition coefficient (Wildman–Crippen LogP) is 4.15. The van der Waals surface area contributed by atoms with Crippen molar-refractivity contribution in [1.82, 2.24) is 19.6 Å². The van der Waals surface area contributed by atoms with Crippen LogP contribution < -0.4 is 0 Å². The van der Waals surface area contributed by atoms with E-state index >= 15 is 0 Å². The van der Waals surface area contributed by atoms with Gasteiger partial charge in [-0.2, -0.15) is 10.4 Å². The molecule has 0 saturated carbocycles. The van der Waals surface area contributed by atoms with Crippen LogP contribution in [-0.4, -0.2) is 57.6 Å². The lowest BCUT2D eigenvalue weighted by atomic mass is 10.1. The summed E-state index contributed by atoms with van der Waals surface area (Å²) in [6, 6.07) is 11.3. The smallest absolute Gasteiger partial charge is 0.272 e. The maximum Gasteiger partial charge on any atom is 0.272 e. The summed E-state index contributed by atoms with van der Waals surface area (Å²) < 4.78 is 1.83. The highest BCUT2D eigenvalue weighted by Crippen LogP contribution is 2.29. The van der Waals surface area contributed by atoms with E-state index in [0.29, 0.717) is 30.4 Å². The van der Waals surface area contributed by atoms with Crippen LogP contribution >= 0.6 is 11.6 Å². The van der Waals surface area contributed by atoms with Gasteiger partial charge in [0.15, 0.2) is 0 Å². The molecule has 31 heavy (non-hydrogen) atoms. The number of hydrogen-bond donors (Lipinski definition) is 0. The molecule has 0 bridgehead atoms. The van der Waals surface area contributed by atoms with E-state index in [1.165, 1.54) is 0 Å². The molecule has 3 rings (SSSR count). The monoisotopic (exact) mass is 441 g/mol. The van der Waals surface area contributed by atoms with E-state index in [-0.39, 0.29) is 30.8 Å². The van der Waals surface area contributed by atoms with E-state index in [0.717, 1.165) is 30.5 Å². The van der Waals surface area contributed by atoms with Crippen LogP contribution in [0.15, 0.2) is 30.3 Å². The number of likely N-dealkylation sites (N-methyl/N-ethyl adjacent to an activating group) is 1. The fourth-order valence-corrected chi connectivity index (χ4v) is 3.99. The summed E-state index contributed by atoms with van der Waals surface area (Å²) in [5.74, 6) is -0.323. The number of unbranched alkanes of at least 4 members (excludes halogenated alkanes) is 1. The zero-order valence-electron chi connectivity index (χ0n) is 18.1. The molecule has 1 aromatic heterocycles. The summed E-state index contributed by atoms with van der Waals surface area (Å²) in [5.41, 5.74) is 2.12. The van der Waals surface area contributed by atoms with Gasteiger partial charge in [0.05, 0.1) is 24.2 Å². The fraction of sp³-hybridized carbons (Fsp3) is 0.478. The molecule has 0 aliphatic carbocycles. The minimum atomic E-state index is -0.190. The van der Waals surface area contributed by atoms with Crippen molar-refractivity contribution >= 4 is 23.4 Å². The maximum absolute atomic E-state index is 13.2. The summed E-state index contributed by atoms with van der Waals surface area (Å²) in [4.78, 5) is 29.2. The van der Waals surface area contributed by atoms with Crippen molar-refractivity contribution in [2.75, 3.05) is 26.2 Å². The van der Waals surface area contributed by atoms with Crippen molar-refractivity contribution < 1.29 is 9.59 Å². The van der Waals surface area contributed by atoms with Gasteiger partial charge in [-0.05, 0) is 31.5 Å². The van der Waals surface area contributed by atoms with E-state index in [2.05, 4.69) is 13.0 Å². The predicted molar refractivity (Wildman–Crippen MR) is 120 cm³/mol. The van der Waals surface area contributed by atoms with Crippen molar-refractivity contribution in [3.05, 3.63) is 41.0 Å². The fourth-order valence-electron chi connectivity index (χ4n) is 3.87. The number of nitrogens with zero attached hydrogens (tertiary/aromatic N) is 5. The second-order valence-corrected chi connectivity index (χ2v) is 8.17. The van der Waals surface area contributed by atoms with Gasteiger partial charge in [-0.1, -0.05) is 43.5 Å². The Hall–Kier alpha value is -2.85. The molecule has 1 aliphatic rings. The molecular formula is C23H28ClN5O2. The molecule has 164 valence electrons. The van der Waals surface area contributed by atoms with Gasteiger partial charge in [0.1, 0.15) is 12.2 Å². The molecule has 2 heterocycles. The first kappa shape index (κ1) is 22.8. The van der Waals surface area contributed by atoms with Crippen molar-refractivity contribution in [1.29, 1.82) is 5.26 Å². The molecule has 2 amide bonds. The topological polar surface area (TPSA) is 82.2 Å². The highest BCUT2D eigenvalue weighted by Gasteiger charge is 2.34. The Labute approximate surface area is 188 Å². The third kappa shape index (κ3) is 5.26. The first-order chi connectivity index (χ1) is 15.0. The van der Waals surface area contributed by atoms with Gasteiger partial charge >= 0.3 is 0 Å². The van der Waals surface area contributed by atoms with Gasteiger partial charge in [0.25, 0.3) is 5.91 Å². The highest BCUT2D eigenvalue weighted by atomic mass is 35.5. The summed E-state index contributed by atoms with van der Waals surface area (Å²) in [6.45, 7) is 5.38. The molecular weight excluding hydrogens is 414 g/mol. The van der Waals surface area contributed by atoms with Crippen molar-refractivity contribution in [3.8, 4) is 17.3 Å². The third-order valence-electron chi connectivity index (χ3n) is 5.60. The lowest BCUT2D eigenvalue weighted by Gasteiger charge is -2.34. The molecule has 0 N–H and O–H groups in total. The number of carbonyl (C=O) groups excluding carboxylic acids is 2. The average Bonchev–Trinajstić information content (AvgIpc) is 3.22. The Morgan fingerprint density at radius 3 is 2.71 bits per heavy atom. The number of nitriles is 1. The number of rotatable bonds is 9. The van der Waals surface area contributed by atoms with Crippen molar-refractivity contribution in [2.24, 2.45) is 0 Å². The number of benzene rings is 1. The van der Waals surface area contributed by atoms with Gasteiger partial charge in [-0.3, -0.25) is 14.3 Å². The van der Waals surface area contributed by atoms with Crippen LogP contribution in [0.5, 0.6) is 0 Å². The first-order valence-electron chi connectivity index (χ1n) is 10.8. The van der Waals surface area contributed by atoms with Gasteiger partial charge < -0.3 is 9.80 Å². The van der Waals surface area contributed by atoms with Crippen LogP contribution in [0, 0.1) is 11.3 Å². The van der Waals surface area contributed by atoms with Crippen molar-refractivity contribution in [2.45, 2.75) is 45.6 Å². The molecule has 0 saturated heterocycles. The Morgan fingerprint density at radius 1 is 1.32 bits per heavy atom. The van der Waals surface area contributed by atoms with E-state index < -0.39 is 0 Å². The molecule has 1 atom stereocenters. The molecule has 2 aromatic rings. The zero-order chi connectivity index (χ0) is 22.4. The number of halogens is 1. The standard InChI is InChI=1S/C23H28ClN5O2/c1-3-5-7-19-15-28(16-22(30)27(4-2)13-6-12-25)23(31)21-14-20(26-29(19)21)17-8-10-18(24)11-9-17/h8-11,14,19H,3-7,13,15-16H2,1-2H3. The largest absolute Gasteiger partial charge is 0.340 e. The summed E-state index contributed by atoms with van der Waals surface area (Å²) >= 11 is 6.00. The van der Waals surface area contributed by atoms with Gasteiger partial charge in [0, 0.05) is 30.2 Å². The van der Waals surface area contributed by atoms with Gasteiger partial charge in [-0.25, -0.2) is 0 Å². The Kier molecular flexibility index (Phi) is 7.69. The molecule has 1 unspecified atom stereocenters. The molecule has 0 spiro atoms. The van der Waals surface area contributed by atoms with E-state index in [4.69, 9.17) is 22.0 Å². The van der Waals surface area contributed by atoms with Crippen LogP contribution in [0.25, 0.3) is 11.3 Å². The van der Waals surface area contributed by atoms with E-state index in [1.807, 2.05) is 23.7 Å². The number of amides is 2. The minimum Gasteiger partial charge on any atom is -0.340 e. The van der Waals surface area contributed by atoms with Gasteiger partial charge in [0.2, 0.25) is 5.91 Å². The van der Waals surface area contributed by atoms with Crippen LogP contribution in [0.3, 0.4) is 0 Å². The third-order valence-corrected chi connectivity index (χ3v) is 5.86. The number of hydrogen-bond acceptors (Lipinski definition) is 4. The SMILES string of the molecule is CCCCC1CN(CC(=O)N(CC)CCC#N)C(=O)c2cc(-c3ccc(Cl)cc3)nn21. The Bertz CT molecular complexity index is 963. The minimum absolute atomic E-state index is 0.0161. The van der Waals surface area contributed by atoms with E-state index in [9.17, 15) is 9.59 Å².